The molecular formula is C16H24ClNO. The third-order valence-corrected chi connectivity index (χ3v) is 4.12. The van der Waals surface area contributed by atoms with E-state index in [0.717, 1.165) is 22.9 Å². The monoisotopic (exact) mass is 281 g/mol. The molecule has 0 N–H and O–H groups in total. The van der Waals surface area contributed by atoms with Crippen molar-refractivity contribution in [2.24, 2.45) is 0 Å². The topological polar surface area (TPSA) is 12.5 Å². The molecule has 2 rings (SSSR count). The first kappa shape index (κ1) is 14.7. The van der Waals surface area contributed by atoms with Gasteiger partial charge in [0.2, 0.25) is 0 Å². The number of benzene rings is 1. The highest BCUT2D eigenvalue weighted by Gasteiger charge is 2.16. The second-order valence-corrected chi connectivity index (χ2v) is 6.09. The lowest BCUT2D eigenvalue weighted by Crippen LogP contribution is -2.29. The number of methoxy groups -OCH3 is 1. The van der Waals surface area contributed by atoms with Gasteiger partial charge in [-0.05, 0) is 49.5 Å². The van der Waals surface area contributed by atoms with E-state index in [-0.39, 0.29) is 0 Å². The van der Waals surface area contributed by atoms with Crippen LogP contribution in [-0.2, 0) is 6.54 Å². The number of rotatable bonds is 4. The Bertz CT molecular complexity index is 425. The van der Waals surface area contributed by atoms with E-state index in [4.69, 9.17) is 16.3 Å². The first-order chi connectivity index (χ1) is 9.11. The molecule has 0 bridgehead atoms. The van der Waals surface area contributed by atoms with Crippen LogP contribution in [0.25, 0.3) is 0 Å². The summed E-state index contributed by atoms with van der Waals surface area (Å²) in [6, 6.07) is 4.25. The van der Waals surface area contributed by atoms with Crippen LogP contribution in [0.15, 0.2) is 12.1 Å². The van der Waals surface area contributed by atoms with Crippen LogP contribution < -0.4 is 4.74 Å². The van der Waals surface area contributed by atoms with Crippen molar-refractivity contribution in [2.75, 3.05) is 20.2 Å². The largest absolute Gasteiger partial charge is 0.496 e. The summed E-state index contributed by atoms with van der Waals surface area (Å²) < 4.78 is 5.51. The normalized spacial score (nSPS) is 16.9. The van der Waals surface area contributed by atoms with Crippen molar-refractivity contribution >= 4 is 11.6 Å². The fourth-order valence-electron chi connectivity index (χ4n) is 2.84. The lowest BCUT2D eigenvalue weighted by molar-refractivity contribution is 0.220. The molecule has 3 heteroatoms. The number of hydrogen-bond donors (Lipinski definition) is 0. The highest BCUT2D eigenvalue weighted by molar-refractivity contribution is 6.31. The summed E-state index contributed by atoms with van der Waals surface area (Å²) in [5, 5.41) is 0.835. The molecule has 0 saturated carbocycles. The van der Waals surface area contributed by atoms with E-state index < -0.39 is 0 Å². The van der Waals surface area contributed by atoms with Crippen LogP contribution in [-0.4, -0.2) is 25.1 Å². The highest BCUT2D eigenvalue weighted by atomic mass is 35.5. The van der Waals surface area contributed by atoms with Crippen LogP contribution >= 0.6 is 11.6 Å². The van der Waals surface area contributed by atoms with Crippen LogP contribution in [0, 0.1) is 0 Å². The molecule has 19 heavy (non-hydrogen) atoms. The van der Waals surface area contributed by atoms with Crippen molar-refractivity contribution in [3.8, 4) is 5.75 Å². The minimum absolute atomic E-state index is 0.381. The molecule has 0 aliphatic carbocycles. The molecule has 0 amide bonds. The summed E-state index contributed by atoms with van der Waals surface area (Å²) in [5.74, 6) is 1.31. The van der Waals surface area contributed by atoms with Gasteiger partial charge in [0.25, 0.3) is 0 Å². The SMILES string of the molecule is COc1cc(CN2CCCCC2)cc(Cl)c1C(C)C. The predicted molar refractivity (Wildman–Crippen MR) is 81.2 cm³/mol. The van der Waals surface area contributed by atoms with Gasteiger partial charge in [-0.3, -0.25) is 4.90 Å². The zero-order chi connectivity index (χ0) is 13.8. The van der Waals surface area contributed by atoms with Crippen LogP contribution in [0.4, 0.5) is 0 Å². The maximum atomic E-state index is 6.43. The van der Waals surface area contributed by atoms with Gasteiger partial charge in [-0.25, -0.2) is 0 Å². The van der Waals surface area contributed by atoms with Crippen molar-refractivity contribution in [3.05, 3.63) is 28.3 Å². The molecule has 1 saturated heterocycles. The Morgan fingerprint density at radius 3 is 2.47 bits per heavy atom. The average Bonchev–Trinajstić information content (AvgIpc) is 2.38. The first-order valence-electron chi connectivity index (χ1n) is 7.20. The van der Waals surface area contributed by atoms with Crippen molar-refractivity contribution in [2.45, 2.75) is 45.6 Å². The Balaban J connectivity index is 2.19. The summed E-state index contributed by atoms with van der Waals surface area (Å²) >= 11 is 6.43. The quantitative estimate of drug-likeness (QED) is 0.808. The fraction of sp³-hybridized carbons (Fsp3) is 0.625. The lowest BCUT2D eigenvalue weighted by Gasteiger charge is -2.27. The van der Waals surface area contributed by atoms with Gasteiger partial charge in [-0.1, -0.05) is 31.9 Å². The Kier molecular flexibility index (Phi) is 5.12. The van der Waals surface area contributed by atoms with Crippen molar-refractivity contribution < 1.29 is 4.74 Å². The molecule has 2 nitrogen and oxygen atoms in total. The standard InChI is InChI=1S/C16H24ClNO/c1-12(2)16-14(17)9-13(10-15(16)19-3)11-18-7-5-4-6-8-18/h9-10,12H,4-8,11H2,1-3H3. The zero-order valence-corrected chi connectivity index (χ0v) is 13.0. The van der Waals surface area contributed by atoms with Crippen molar-refractivity contribution in [3.63, 3.8) is 0 Å². The molecule has 0 radical (unpaired) electrons. The fourth-order valence-corrected chi connectivity index (χ4v) is 3.29. The van der Waals surface area contributed by atoms with E-state index in [9.17, 15) is 0 Å². The molecule has 0 aromatic heterocycles. The van der Waals surface area contributed by atoms with Gasteiger partial charge in [0, 0.05) is 17.1 Å². The molecule has 106 valence electrons. The molecule has 0 unspecified atom stereocenters. The van der Waals surface area contributed by atoms with Gasteiger partial charge in [-0.15, -0.1) is 0 Å². The van der Waals surface area contributed by atoms with Crippen LogP contribution in [0.2, 0.25) is 5.02 Å². The number of nitrogens with zero attached hydrogens (tertiary/aromatic N) is 1. The predicted octanol–water partition coefficient (Wildman–Crippen LogP) is 4.46. The van der Waals surface area contributed by atoms with Gasteiger partial charge in [-0.2, -0.15) is 0 Å². The lowest BCUT2D eigenvalue weighted by atomic mass is 9.99. The van der Waals surface area contributed by atoms with Gasteiger partial charge in [0.1, 0.15) is 5.75 Å². The minimum Gasteiger partial charge on any atom is -0.496 e. The summed E-state index contributed by atoms with van der Waals surface area (Å²) in [6.45, 7) is 7.67. The minimum atomic E-state index is 0.381. The molecule has 1 aromatic carbocycles. The second-order valence-electron chi connectivity index (χ2n) is 5.69. The Hall–Kier alpha value is -0.730. The Labute approximate surface area is 121 Å². The molecule has 0 atom stereocenters. The van der Waals surface area contributed by atoms with Gasteiger partial charge >= 0.3 is 0 Å². The van der Waals surface area contributed by atoms with Gasteiger partial charge < -0.3 is 4.74 Å². The number of piperidine rings is 1. The van der Waals surface area contributed by atoms with Crippen LogP contribution in [0.5, 0.6) is 5.75 Å². The van der Waals surface area contributed by atoms with E-state index in [0.29, 0.717) is 5.92 Å². The second kappa shape index (κ2) is 6.62. The molecule has 0 spiro atoms. The maximum absolute atomic E-state index is 6.43. The van der Waals surface area contributed by atoms with E-state index in [1.807, 2.05) is 0 Å². The number of halogens is 1. The van der Waals surface area contributed by atoms with Crippen LogP contribution in [0.1, 0.15) is 50.2 Å². The zero-order valence-electron chi connectivity index (χ0n) is 12.2. The van der Waals surface area contributed by atoms with E-state index in [2.05, 4.69) is 30.9 Å². The molecule has 1 heterocycles. The molecule has 1 aromatic rings. The Morgan fingerprint density at radius 2 is 1.89 bits per heavy atom. The van der Waals surface area contributed by atoms with Gasteiger partial charge in [0.05, 0.1) is 7.11 Å². The number of hydrogen-bond acceptors (Lipinski definition) is 2. The number of likely N-dealkylation sites (tertiary alicyclic amines) is 1. The third kappa shape index (κ3) is 3.64. The summed E-state index contributed by atoms with van der Waals surface area (Å²) in [7, 11) is 1.72. The Morgan fingerprint density at radius 1 is 1.21 bits per heavy atom. The summed E-state index contributed by atoms with van der Waals surface area (Å²) in [6.07, 6.45) is 4.00. The highest BCUT2D eigenvalue weighted by Crippen LogP contribution is 2.35. The van der Waals surface area contributed by atoms with Crippen LogP contribution in [0.3, 0.4) is 0 Å². The van der Waals surface area contributed by atoms with Crippen molar-refractivity contribution in [1.29, 1.82) is 0 Å². The van der Waals surface area contributed by atoms with E-state index in [1.165, 1.54) is 37.9 Å². The van der Waals surface area contributed by atoms with E-state index in [1.54, 1.807) is 7.11 Å². The molecule has 1 aliphatic rings. The number of ether oxygens (including phenoxy) is 1. The summed E-state index contributed by atoms with van der Waals surface area (Å²) in [4.78, 5) is 2.50. The third-order valence-electron chi connectivity index (χ3n) is 3.80. The molecule has 1 fully saturated rings. The molecule has 1 aliphatic heterocycles. The molecular weight excluding hydrogens is 258 g/mol. The maximum Gasteiger partial charge on any atom is 0.124 e. The first-order valence-corrected chi connectivity index (χ1v) is 7.58. The summed E-state index contributed by atoms with van der Waals surface area (Å²) in [5.41, 5.74) is 2.37. The average molecular weight is 282 g/mol. The van der Waals surface area contributed by atoms with E-state index >= 15 is 0 Å². The van der Waals surface area contributed by atoms with Gasteiger partial charge in [0.15, 0.2) is 0 Å². The van der Waals surface area contributed by atoms with Crippen molar-refractivity contribution in [1.82, 2.24) is 4.90 Å². The smallest absolute Gasteiger partial charge is 0.124 e.